The minimum atomic E-state index is -0.696. The summed E-state index contributed by atoms with van der Waals surface area (Å²) in [7, 11) is 12.6. The summed E-state index contributed by atoms with van der Waals surface area (Å²) in [4.78, 5) is 14.4. The van der Waals surface area contributed by atoms with Gasteiger partial charge in [0.05, 0.1) is 43.5 Å². The van der Waals surface area contributed by atoms with Gasteiger partial charge in [0, 0.05) is 22.1 Å². The van der Waals surface area contributed by atoms with Gasteiger partial charge >= 0.3 is 0 Å². The van der Waals surface area contributed by atoms with E-state index in [9.17, 15) is 30.6 Å². The summed E-state index contributed by atoms with van der Waals surface area (Å²) in [5.74, 6) is -2.13. The van der Waals surface area contributed by atoms with Crippen molar-refractivity contribution < 1.29 is 35.1 Å². The van der Waals surface area contributed by atoms with Crippen LogP contribution in [0.1, 0.15) is 0 Å². The van der Waals surface area contributed by atoms with Gasteiger partial charge in [-0.05, 0) is 28.6 Å². The summed E-state index contributed by atoms with van der Waals surface area (Å²) < 4.78 is 7.67. The standard InChI is InChI=1S/C45H24B2N4O7/c46-31-34-29(38(54)32(47)40(31)56)30-33-27(37(53)26-23-16-7-8-17-24(23)58-42(26)30)28-35(51(33)34)41(57)39(55)25(36(28)52)21-14-9-15-22(18-21)45-49-43(19-10-3-1-4-11-19)48-44(50-45)20-12-5-2-6-13-20/h1-18,52-57H. The number of furan rings is 1. The Morgan fingerprint density at radius 2 is 0.983 bits per heavy atom. The predicted octanol–water partition coefficient (Wildman–Crippen LogP) is 7.41. The summed E-state index contributed by atoms with van der Waals surface area (Å²) in [5.41, 5.74) is 2.12. The molecule has 0 aliphatic rings. The second kappa shape index (κ2) is 11.8. The van der Waals surface area contributed by atoms with Crippen molar-refractivity contribution in [3.63, 3.8) is 0 Å². The smallest absolute Gasteiger partial charge is 0.183 e. The van der Waals surface area contributed by atoms with E-state index in [4.69, 9.17) is 35.1 Å². The first-order valence-electron chi connectivity index (χ1n) is 18.1. The van der Waals surface area contributed by atoms with Gasteiger partial charge in [0.2, 0.25) is 0 Å². The molecule has 0 amide bonds. The van der Waals surface area contributed by atoms with E-state index in [1.165, 1.54) is 4.40 Å². The van der Waals surface area contributed by atoms with Gasteiger partial charge in [-0.3, -0.25) is 0 Å². The van der Waals surface area contributed by atoms with E-state index in [0.717, 1.165) is 11.1 Å². The predicted molar refractivity (Wildman–Crippen MR) is 224 cm³/mol. The van der Waals surface area contributed by atoms with Gasteiger partial charge in [-0.1, -0.05) is 97.1 Å². The molecule has 0 fully saturated rings. The van der Waals surface area contributed by atoms with E-state index in [1.807, 2.05) is 60.7 Å². The lowest BCUT2D eigenvalue weighted by atomic mass is 9.82. The molecular weight excluding hydrogens is 730 g/mol. The molecular formula is C45H24B2N4O7. The molecule has 4 heterocycles. The average Bonchev–Trinajstić information content (AvgIpc) is 3.93. The summed E-state index contributed by atoms with van der Waals surface area (Å²) in [5, 5.41) is 72.1. The van der Waals surface area contributed by atoms with Gasteiger partial charge in [0.1, 0.15) is 55.4 Å². The van der Waals surface area contributed by atoms with Crippen LogP contribution in [0.4, 0.5) is 0 Å². The minimum Gasteiger partial charge on any atom is -0.509 e. The van der Waals surface area contributed by atoms with Gasteiger partial charge in [0.15, 0.2) is 29.0 Å². The fourth-order valence-electron chi connectivity index (χ4n) is 8.35. The Hall–Kier alpha value is -7.92. The molecule has 13 heteroatoms. The van der Waals surface area contributed by atoms with E-state index >= 15 is 0 Å². The Balaban J connectivity index is 1.23. The maximum Gasteiger partial charge on any atom is 0.183 e. The fraction of sp³-hybridized carbons (Fsp3) is 0. The Bertz CT molecular complexity index is 3490. The first-order chi connectivity index (χ1) is 28.1. The van der Waals surface area contributed by atoms with Gasteiger partial charge in [-0.25, -0.2) is 15.0 Å². The van der Waals surface area contributed by atoms with Crippen LogP contribution in [0.5, 0.6) is 34.5 Å². The molecule has 4 radical (unpaired) electrons. The number of phenolic OH excluding ortho intramolecular Hbond substituents is 6. The number of fused-ring (bicyclic) bond motifs is 10. The van der Waals surface area contributed by atoms with Crippen LogP contribution in [0.2, 0.25) is 0 Å². The molecule has 11 rings (SSSR count). The highest BCUT2D eigenvalue weighted by molar-refractivity contribution is 6.51. The first kappa shape index (κ1) is 33.4. The first-order valence-corrected chi connectivity index (χ1v) is 18.1. The van der Waals surface area contributed by atoms with Gasteiger partial charge in [0.25, 0.3) is 0 Å². The Kier molecular flexibility index (Phi) is 6.80. The lowest BCUT2D eigenvalue weighted by Crippen LogP contribution is -2.17. The van der Waals surface area contributed by atoms with E-state index in [-0.39, 0.29) is 76.9 Å². The molecule has 6 N–H and O–H groups in total. The Morgan fingerprint density at radius 3 is 1.66 bits per heavy atom. The van der Waals surface area contributed by atoms with Crippen molar-refractivity contribution in [1.82, 2.24) is 19.4 Å². The van der Waals surface area contributed by atoms with Gasteiger partial charge < -0.3 is 39.5 Å². The molecule has 0 saturated heterocycles. The van der Waals surface area contributed by atoms with E-state index in [1.54, 1.807) is 48.5 Å². The summed E-state index contributed by atoms with van der Waals surface area (Å²) >= 11 is 0. The second-order valence-electron chi connectivity index (χ2n) is 14.1. The molecule has 0 spiro atoms. The van der Waals surface area contributed by atoms with Crippen molar-refractivity contribution in [2.45, 2.75) is 0 Å². The normalized spacial score (nSPS) is 12.0. The van der Waals surface area contributed by atoms with Crippen molar-refractivity contribution in [1.29, 1.82) is 0 Å². The van der Waals surface area contributed by atoms with Crippen molar-refractivity contribution in [3.05, 3.63) is 109 Å². The zero-order chi connectivity index (χ0) is 39.7. The maximum absolute atomic E-state index is 12.4. The quantitative estimate of drug-likeness (QED) is 0.0603. The van der Waals surface area contributed by atoms with Crippen LogP contribution < -0.4 is 10.9 Å². The molecule has 0 bridgehead atoms. The molecule has 0 unspecified atom stereocenters. The SMILES string of the molecule is [B]c1c(O)c([B])c2c(c1O)c1c3oc4ccccc4c3c(O)c3c4c(O)c(-c5cccc(-c6nc(-c7ccccc7)nc(-c7ccccc7)n6)c5)c(O)c(O)c4n2c31. The average molecular weight is 754 g/mol. The third-order valence-corrected chi connectivity index (χ3v) is 10.9. The maximum atomic E-state index is 12.4. The molecule has 0 aliphatic carbocycles. The third kappa shape index (κ3) is 4.32. The lowest BCUT2D eigenvalue weighted by Gasteiger charge is -2.15. The second-order valence-corrected chi connectivity index (χ2v) is 14.1. The monoisotopic (exact) mass is 754 g/mol. The van der Waals surface area contributed by atoms with Crippen molar-refractivity contribution >= 4 is 86.7 Å². The number of aromatic nitrogens is 4. The molecule has 0 aliphatic heterocycles. The Labute approximate surface area is 329 Å². The van der Waals surface area contributed by atoms with E-state index in [0.29, 0.717) is 34.0 Å². The van der Waals surface area contributed by atoms with Crippen LogP contribution in [0.3, 0.4) is 0 Å². The fourth-order valence-corrected chi connectivity index (χ4v) is 8.35. The lowest BCUT2D eigenvalue weighted by molar-refractivity contribution is 0.403. The third-order valence-electron chi connectivity index (χ3n) is 10.9. The van der Waals surface area contributed by atoms with E-state index < -0.39 is 28.7 Å². The number of hydrogen-bond donors (Lipinski definition) is 6. The van der Waals surface area contributed by atoms with Crippen molar-refractivity contribution in [3.8, 4) is 79.8 Å². The highest BCUT2D eigenvalue weighted by atomic mass is 16.3. The van der Waals surface area contributed by atoms with Crippen LogP contribution in [0.25, 0.3) is 105 Å². The zero-order valence-corrected chi connectivity index (χ0v) is 29.9. The van der Waals surface area contributed by atoms with Crippen LogP contribution in [0.15, 0.2) is 114 Å². The van der Waals surface area contributed by atoms with Crippen LogP contribution in [-0.4, -0.2) is 65.7 Å². The van der Waals surface area contributed by atoms with Gasteiger partial charge in [-0.15, -0.1) is 0 Å². The number of rotatable bonds is 4. The van der Waals surface area contributed by atoms with Crippen LogP contribution in [0, 0.1) is 0 Å². The molecule has 0 atom stereocenters. The summed E-state index contributed by atoms with van der Waals surface area (Å²) in [6.07, 6.45) is 0. The molecule has 7 aromatic carbocycles. The van der Waals surface area contributed by atoms with Crippen LogP contribution in [-0.2, 0) is 0 Å². The van der Waals surface area contributed by atoms with Crippen molar-refractivity contribution in [2.75, 3.05) is 0 Å². The van der Waals surface area contributed by atoms with Gasteiger partial charge in [-0.2, -0.15) is 0 Å². The molecule has 11 aromatic rings. The number of aromatic hydroxyl groups is 6. The molecule has 0 saturated carbocycles. The number of phenols is 6. The summed E-state index contributed by atoms with van der Waals surface area (Å²) in [6.45, 7) is 0. The van der Waals surface area contributed by atoms with Crippen LogP contribution >= 0.6 is 0 Å². The van der Waals surface area contributed by atoms with Crippen molar-refractivity contribution in [2.24, 2.45) is 0 Å². The number of hydrogen-bond acceptors (Lipinski definition) is 10. The largest absolute Gasteiger partial charge is 0.509 e. The van der Waals surface area contributed by atoms with E-state index in [2.05, 4.69) is 0 Å². The number of nitrogens with zero attached hydrogens (tertiary/aromatic N) is 4. The summed E-state index contributed by atoms with van der Waals surface area (Å²) in [6, 6.07) is 32.8. The molecule has 58 heavy (non-hydrogen) atoms. The molecule has 272 valence electrons. The molecule has 4 aromatic heterocycles. The topological polar surface area (TPSA) is 178 Å². The Morgan fingerprint density at radius 1 is 0.431 bits per heavy atom. The number of benzene rings is 7. The number of para-hydroxylation sites is 1. The highest BCUT2D eigenvalue weighted by Gasteiger charge is 2.34. The zero-order valence-electron chi connectivity index (χ0n) is 29.9. The highest BCUT2D eigenvalue weighted by Crippen LogP contribution is 2.58. The minimum absolute atomic E-state index is 0.00585. The molecule has 11 nitrogen and oxygen atoms in total.